The molecule has 0 amide bonds. The van der Waals surface area contributed by atoms with E-state index in [1.807, 2.05) is 20.8 Å². The Kier molecular flexibility index (Phi) is 31.6. The number of hydrogen-bond acceptors (Lipinski definition) is 2. The lowest BCUT2D eigenvalue weighted by molar-refractivity contribution is 0.0401. The molecular formula is C11H24O2. The lowest BCUT2D eigenvalue weighted by Crippen LogP contribution is -2.11. The minimum Gasteiger partial charge on any atom is -0.382 e. The third-order valence-corrected chi connectivity index (χ3v) is 0.804. The van der Waals surface area contributed by atoms with Gasteiger partial charge >= 0.3 is 0 Å². The zero-order valence-electron chi connectivity index (χ0n) is 9.67. The Morgan fingerprint density at radius 1 is 1.15 bits per heavy atom. The highest BCUT2D eigenvalue weighted by Crippen LogP contribution is 1.84. The van der Waals surface area contributed by atoms with E-state index in [4.69, 9.17) is 9.47 Å². The van der Waals surface area contributed by atoms with E-state index in [1.54, 1.807) is 26.4 Å². The first-order chi connectivity index (χ1) is 6.14. The molecule has 0 spiro atoms. The summed E-state index contributed by atoms with van der Waals surface area (Å²) in [5.74, 6) is 0. The molecule has 0 N–H and O–H groups in total. The van der Waals surface area contributed by atoms with Gasteiger partial charge in [-0.15, -0.1) is 13.2 Å². The van der Waals surface area contributed by atoms with Crippen LogP contribution in [0.2, 0.25) is 0 Å². The number of allylic oxidation sites excluding steroid dienone is 2. The van der Waals surface area contributed by atoms with Gasteiger partial charge < -0.3 is 9.47 Å². The molecule has 0 bridgehead atoms. The van der Waals surface area contributed by atoms with E-state index in [9.17, 15) is 0 Å². The van der Waals surface area contributed by atoms with Gasteiger partial charge in [0.1, 0.15) is 0 Å². The van der Waals surface area contributed by atoms with Crippen LogP contribution in [0.5, 0.6) is 0 Å². The average molecular weight is 188 g/mol. The predicted octanol–water partition coefficient (Wildman–Crippen LogP) is 3.05. The van der Waals surface area contributed by atoms with E-state index < -0.39 is 0 Å². The van der Waals surface area contributed by atoms with Crippen molar-refractivity contribution in [3.8, 4) is 0 Å². The van der Waals surface area contributed by atoms with Crippen molar-refractivity contribution in [2.24, 2.45) is 0 Å². The summed E-state index contributed by atoms with van der Waals surface area (Å²) in [5.41, 5.74) is 0. The van der Waals surface area contributed by atoms with Crippen LogP contribution < -0.4 is 0 Å². The average Bonchev–Trinajstić information content (AvgIpc) is 2.07. The Morgan fingerprint density at radius 2 is 1.46 bits per heavy atom. The monoisotopic (exact) mass is 188 g/mol. The fraction of sp³-hybridized carbons (Fsp3) is 0.636. The molecule has 0 aliphatic carbocycles. The van der Waals surface area contributed by atoms with Crippen molar-refractivity contribution in [3.05, 3.63) is 25.3 Å². The summed E-state index contributed by atoms with van der Waals surface area (Å²) in [5, 5.41) is 0. The molecule has 2 heteroatoms. The summed E-state index contributed by atoms with van der Waals surface area (Å²) >= 11 is 0. The summed E-state index contributed by atoms with van der Waals surface area (Å²) in [6, 6.07) is 0. The van der Waals surface area contributed by atoms with Crippen LogP contribution in [0.3, 0.4) is 0 Å². The fourth-order valence-corrected chi connectivity index (χ4v) is 0.303. The summed E-state index contributed by atoms with van der Waals surface area (Å²) in [7, 11) is 3.33. The van der Waals surface area contributed by atoms with Gasteiger partial charge in [0.15, 0.2) is 0 Å². The first-order valence-electron chi connectivity index (χ1n) is 4.30. The van der Waals surface area contributed by atoms with Gasteiger partial charge in [0.25, 0.3) is 0 Å². The fourth-order valence-electron chi connectivity index (χ4n) is 0.303. The highest BCUT2D eigenvalue weighted by molar-refractivity contribution is 4.52. The molecule has 2 nitrogen and oxygen atoms in total. The quantitative estimate of drug-likeness (QED) is 0.634. The van der Waals surface area contributed by atoms with Crippen molar-refractivity contribution >= 4 is 0 Å². The van der Waals surface area contributed by atoms with Gasteiger partial charge in [-0.2, -0.15) is 0 Å². The molecule has 0 saturated heterocycles. The zero-order valence-corrected chi connectivity index (χ0v) is 9.67. The van der Waals surface area contributed by atoms with Crippen molar-refractivity contribution in [1.82, 2.24) is 0 Å². The molecule has 80 valence electrons. The van der Waals surface area contributed by atoms with Crippen molar-refractivity contribution in [2.75, 3.05) is 20.8 Å². The first-order valence-corrected chi connectivity index (χ1v) is 4.30. The van der Waals surface area contributed by atoms with E-state index in [-0.39, 0.29) is 6.10 Å². The molecule has 0 aromatic heterocycles. The van der Waals surface area contributed by atoms with E-state index in [2.05, 4.69) is 13.2 Å². The minimum absolute atomic E-state index is 0.227. The van der Waals surface area contributed by atoms with E-state index >= 15 is 0 Å². The van der Waals surface area contributed by atoms with Crippen molar-refractivity contribution < 1.29 is 9.47 Å². The number of hydrogen-bond donors (Lipinski definition) is 0. The van der Waals surface area contributed by atoms with Gasteiger partial charge in [-0.25, -0.2) is 0 Å². The van der Waals surface area contributed by atoms with Crippen LogP contribution in [0.4, 0.5) is 0 Å². The molecule has 0 fully saturated rings. The SMILES string of the molecule is C=CC.C=CC.COCC(C)OC. The molecule has 0 radical (unpaired) electrons. The summed E-state index contributed by atoms with van der Waals surface area (Å²) in [6.07, 6.45) is 3.73. The third kappa shape index (κ3) is 52.0. The van der Waals surface area contributed by atoms with Gasteiger partial charge in [0.05, 0.1) is 12.7 Å². The molecule has 0 rings (SSSR count). The molecule has 0 heterocycles. The second kappa shape index (κ2) is 22.5. The van der Waals surface area contributed by atoms with Crippen LogP contribution in [0, 0.1) is 0 Å². The largest absolute Gasteiger partial charge is 0.382 e. The van der Waals surface area contributed by atoms with Crippen LogP contribution in [0.1, 0.15) is 20.8 Å². The summed E-state index contributed by atoms with van der Waals surface area (Å²) in [4.78, 5) is 0. The number of ether oxygens (including phenoxy) is 2. The Morgan fingerprint density at radius 3 is 1.54 bits per heavy atom. The topological polar surface area (TPSA) is 18.5 Å². The Hall–Kier alpha value is -0.600. The van der Waals surface area contributed by atoms with Crippen molar-refractivity contribution in [1.29, 1.82) is 0 Å². The summed E-state index contributed by atoms with van der Waals surface area (Å²) in [6.45, 7) is 13.1. The van der Waals surface area contributed by atoms with Gasteiger partial charge in [0.2, 0.25) is 0 Å². The molecule has 1 atom stereocenters. The van der Waals surface area contributed by atoms with E-state index in [1.165, 1.54) is 0 Å². The Labute approximate surface area is 83.2 Å². The normalized spacial score (nSPS) is 9.62. The molecule has 0 aromatic carbocycles. The van der Waals surface area contributed by atoms with Crippen molar-refractivity contribution in [3.63, 3.8) is 0 Å². The predicted molar refractivity (Wildman–Crippen MR) is 60.1 cm³/mol. The Bertz CT molecular complexity index is 84.1. The summed E-state index contributed by atoms with van der Waals surface area (Å²) < 4.78 is 9.64. The van der Waals surface area contributed by atoms with Gasteiger partial charge in [-0.3, -0.25) is 0 Å². The lowest BCUT2D eigenvalue weighted by Gasteiger charge is -2.05. The van der Waals surface area contributed by atoms with Gasteiger partial charge in [0, 0.05) is 14.2 Å². The maximum absolute atomic E-state index is 4.87. The molecule has 0 saturated carbocycles. The third-order valence-electron chi connectivity index (χ3n) is 0.804. The van der Waals surface area contributed by atoms with Crippen LogP contribution in [0.15, 0.2) is 25.3 Å². The van der Waals surface area contributed by atoms with Crippen LogP contribution in [-0.2, 0) is 9.47 Å². The molecule has 0 aliphatic rings. The minimum atomic E-state index is 0.227. The smallest absolute Gasteiger partial charge is 0.0776 e. The van der Waals surface area contributed by atoms with Gasteiger partial charge in [-0.05, 0) is 20.8 Å². The molecule has 0 aliphatic heterocycles. The Balaban J connectivity index is -0.000000140. The van der Waals surface area contributed by atoms with Gasteiger partial charge in [-0.1, -0.05) is 12.2 Å². The van der Waals surface area contributed by atoms with Crippen LogP contribution >= 0.6 is 0 Å². The second-order valence-electron chi connectivity index (χ2n) is 2.32. The maximum Gasteiger partial charge on any atom is 0.0776 e. The molecule has 0 aromatic rings. The van der Waals surface area contributed by atoms with Crippen LogP contribution in [-0.4, -0.2) is 26.9 Å². The van der Waals surface area contributed by atoms with Crippen molar-refractivity contribution in [2.45, 2.75) is 26.9 Å². The second-order valence-corrected chi connectivity index (χ2v) is 2.32. The lowest BCUT2D eigenvalue weighted by atomic mass is 10.4. The van der Waals surface area contributed by atoms with Crippen LogP contribution in [0.25, 0.3) is 0 Å². The van der Waals surface area contributed by atoms with E-state index in [0.29, 0.717) is 6.61 Å². The first kappa shape index (κ1) is 18.2. The van der Waals surface area contributed by atoms with E-state index in [0.717, 1.165) is 0 Å². The highest BCUT2D eigenvalue weighted by atomic mass is 16.5. The molecular weight excluding hydrogens is 164 g/mol. The highest BCUT2D eigenvalue weighted by Gasteiger charge is 1.93. The molecule has 1 unspecified atom stereocenters. The maximum atomic E-state index is 4.87. The number of methoxy groups -OCH3 is 2. The molecule has 13 heavy (non-hydrogen) atoms. The standard InChI is InChI=1S/C5H12O2.2C3H6/c1-5(7-3)4-6-2;2*1-3-2/h5H,4H2,1-3H3;2*3H,1H2,2H3. The zero-order chi connectivity index (χ0) is 11.1. The number of rotatable bonds is 3.